The first-order valence-electron chi connectivity index (χ1n) is 3.85. The van der Waals surface area contributed by atoms with Gasteiger partial charge in [0.25, 0.3) is 0 Å². The lowest BCUT2D eigenvalue weighted by atomic mass is 10.0. The summed E-state index contributed by atoms with van der Waals surface area (Å²) in [5.41, 5.74) is 1.52. The van der Waals surface area contributed by atoms with Crippen molar-refractivity contribution in [1.29, 1.82) is 0 Å². The quantitative estimate of drug-likeness (QED) is 0.508. The third kappa shape index (κ3) is 4.26. The molecule has 54 valence electrons. The van der Waals surface area contributed by atoms with Crippen molar-refractivity contribution in [2.45, 2.75) is 40.5 Å². The van der Waals surface area contributed by atoms with Crippen LogP contribution in [0.2, 0.25) is 0 Å². The van der Waals surface area contributed by atoms with E-state index in [2.05, 4.69) is 33.8 Å². The van der Waals surface area contributed by atoms with Crippen LogP contribution in [0.3, 0.4) is 0 Å². The van der Waals surface area contributed by atoms with Crippen LogP contribution < -0.4 is 0 Å². The van der Waals surface area contributed by atoms with E-state index in [1.165, 1.54) is 18.4 Å². The largest absolute Gasteiger partial charge is 0.0854 e. The highest BCUT2D eigenvalue weighted by Gasteiger charge is 1.92. The number of allylic oxidation sites excluding steroid dienone is 2. The Balaban J connectivity index is 3.55. The average molecular weight is 126 g/mol. The average Bonchev–Trinajstić information content (AvgIpc) is 1.82. The van der Waals surface area contributed by atoms with Crippen LogP contribution in [0.5, 0.6) is 0 Å². The van der Waals surface area contributed by atoms with E-state index >= 15 is 0 Å². The first-order chi connectivity index (χ1) is 4.18. The molecule has 0 bridgehead atoms. The third-order valence-corrected chi connectivity index (χ3v) is 1.67. The van der Waals surface area contributed by atoms with Crippen LogP contribution in [0.15, 0.2) is 11.6 Å². The number of hydrogen-bond donors (Lipinski definition) is 0. The monoisotopic (exact) mass is 126 g/mol. The summed E-state index contributed by atoms with van der Waals surface area (Å²) >= 11 is 0. The van der Waals surface area contributed by atoms with Gasteiger partial charge < -0.3 is 0 Å². The van der Waals surface area contributed by atoms with E-state index in [1.54, 1.807) is 0 Å². The Hall–Kier alpha value is -0.260. The van der Waals surface area contributed by atoms with Crippen LogP contribution in [0, 0.1) is 5.92 Å². The Labute approximate surface area is 59.0 Å². The van der Waals surface area contributed by atoms with Crippen molar-refractivity contribution in [2.75, 3.05) is 0 Å². The molecule has 0 unspecified atom stereocenters. The molecule has 0 radical (unpaired) electrons. The van der Waals surface area contributed by atoms with Gasteiger partial charge in [-0.1, -0.05) is 38.8 Å². The van der Waals surface area contributed by atoms with Crippen molar-refractivity contribution in [3.05, 3.63) is 11.6 Å². The van der Waals surface area contributed by atoms with Crippen molar-refractivity contribution in [1.82, 2.24) is 0 Å². The van der Waals surface area contributed by atoms with E-state index in [1.807, 2.05) is 0 Å². The Morgan fingerprint density at radius 1 is 1.44 bits per heavy atom. The van der Waals surface area contributed by atoms with Gasteiger partial charge in [-0.2, -0.15) is 0 Å². The highest BCUT2D eigenvalue weighted by molar-refractivity contribution is 5.00. The van der Waals surface area contributed by atoms with E-state index in [-0.39, 0.29) is 0 Å². The van der Waals surface area contributed by atoms with Crippen LogP contribution in [0.4, 0.5) is 0 Å². The Bertz CT molecular complexity index is 88.2. The van der Waals surface area contributed by atoms with Gasteiger partial charge in [-0.15, -0.1) is 0 Å². The normalized spacial score (nSPS) is 12.8. The summed E-state index contributed by atoms with van der Waals surface area (Å²) < 4.78 is 0. The van der Waals surface area contributed by atoms with E-state index < -0.39 is 0 Å². The third-order valence-electron chi connectivity index (χ3n) is 1.67. The van der Waals surface area contributed by atoms with Crippen LogP contribution in [0.1, 0.15) is 40.5 Å². The summed E-state index contributed by atoms with van der Waals surface area (Å²) in [6.07, 6.45) is 4.85. The molecule has 0 atom stereocenters. The van der Waals surface area contributed by atoms with Gasteiger partial charge in [0.2, 0.25) is 0 Å². The zero-order chi connectivity index (χ0) is 7.28. The lowest BCUT2D eigenvalue weighted by Crippen LogP contribution is -1.87. The molecule has 0 aliphatic rings. The second-order valence-corrected chi connectivity index (χ2v) is 2.89. The summed E-state index contributed by atoms with van der Waals surface area (Å²) in [4.78, 5) is 0. The molecule has 0 aliphatic carbocycles. The molecular weight excluding hydrogens is 108 g/mol. The molecule has 0 heteroatoms. The van der Waals surface area contributed by atoms with Crippen molar-refractivity contribution >= 4 is 0 Å². The van der Waals surface area contributed by atoms with Gasteiger partial charge in [0.05, 0.1) is 0 Å². The first-order valence-corrected chi connectivity index (χ1v) is 3.85. The zero-order valence-corrected chi connectivity index (χ0v) is 7.07. The molecule has 0 rings (SSSR count). The highest BCUT2D eigenvalue weighted by Crippen LogP contribution is 2.08. The Morgan fingerprint density at radius 2 is 2.00 bits per heavy atom. The minimum Gasteiger partial charge on any atom is -0.0854 e. The smallest absolute Gasteiger partial charge is 0.0263 e. The van der Waals surface area contributed by atoms with Gasteiger partial charge in [0.1, 0.15) is 0 Å². The molecule has 0 amide bonds. The molecule has 9 heavy (non-hydrogen) atoms. The van der Waals surface area contributed by atoms with Gasteiger partial charge in [0, 0.05) is 0 Å². The highest BCUT2D eigenvalue weighted by atomic mass is 14.0. The maximum Gasteiger partial charge on any atom is -0.0263 e. The molecule has 0 N–H and O–H groups in total. The topological polar surface area (TPSA) is 0 Å². The van der Waals surface area contributed by atoms with Gasteiger partial charge in [-0.3, -0.25) is 0 Å². The summed E-state index contributed by atoms with van der Waals surface area (Å²) in [5, 5.41) is 0. The molecule has 0 spiro atoms. The van der Waals surface area contributed by atoms with Crippen LogP contribution in [-0.4, -0.2) is 0 Å². The second-order valence-electron chi connectivity index (χ2n) is 2.89. The SMILES string of the molecule is CCCC=C(C)C(C)C. The lowest BCUT2D eigenvalue weighted by molar-refractivity contribution is 0.757. The number of unbranched alkanes of at least 4 members (excludes halogenated alkanes) is 1. The summed E-state index contributed by atoms with van der Waals surface area (Å²) in [6, 6.07) is 0. The van der Waals surface area contributed by atoms with Crippen LogP contribution >= 0.6 is 0 Å². The first kappa shape index (κ1) is 8.74. The predicted molar refractivity (Wildman–Crippen MR) is 43.5 cm³/mol. The molecule has 0 aliphatic heterocycles. The Morgan fingerprint density at radius 3 is 2.33 bits per heavy atom. The summed E-state index contributed by atoms with van der Waals surface area (Å²) in [6.45, 7) is 8.90. The fourth-order valence-electron chi connectivity index (χ4n) is 0.608. The maximum absolute atomic E-state index is 2.34. The van der Waals surface area contributed by atoms with E-state index in [9.17, 15) is 0 Å². The standard InChI is InChI=1S/C9H18/c1-5-6-7-9(4)8(2)3/h7-8H,5-6H2,1-4H3. The van der Waals surface area contributed by atoms with Crippen molar-refractivity contribution in [3.63, 3.8) is 0 Å². The maximum atomic E-state index is 2.34. The van der Waals surface area contributed by atoms with E-state index in [4.69, 9.17) is 0 Å². The summed E-state index contributed by atoms with van der Waals surface area (Å²) in [7, 11) is 0. The fourth-order valence-corrected chi connectivity index (χ4v) is 0.608. The molecular formula is C9H18. The molecule has 0 saturated carbocycles. The Kier molecular flexibility index (Phi) is 4.47. The second kappa shape index (κ2) is 4.60. The molecule has 0 heterocycles. The molecule has 0 aromatic carbocycles. The number of rotatable bonds is 3. The van der Waals surface area contributed by atoms with E-state index in [0.717, 1.165) is 5.92 Å². The molecule has 0 aromatic heterocycles. The molecule has 0 aromatic rings. The molecule has 0 fully saturated rings. The van der Waals surface area contributed by atoms with Gasteiger partial charge in [0.15, 0.2) is 0 Å². The van der Waals surface area contributed by atoms with E-state index in [0.29, 0.717) is 0 Å². The number of hydrogen-bond acceptors (Lipinski definition) is 0. The van der Waals surface area contributed by atoms with Gasteiger partial charge >= 0.3 is 0 Å². The molecule has 0 saturated heterocycles. The fraction of sp³-hybridized carbons (Fsp3) is 0.778. The van der Waals surface area contributed by atoms with Crippen LogP contribution in [0.25, 0.3) is 0 Å². The van der Waals surface area contributed by atoms with Gasteiger partial charge in [-0.05, 0) is 19.3 Å². The van der Waals surface area contributed by atoms with Crippen LogP contribution in [-0.2, 0) is 0 Å². The predicted octanol–water partition coefficient (Wildman–Crippen LogP) is 3.39. The minimum absolute atomic E-state index is 0.733. The van der Waals surface area contributed by atoms with Crippen molar-refractivity contribution < 1.29 is 0 Å². The van der Waals surface area contributed by atoms with Gasteiger partial charge in [-0.25, -0.2) is 0 Å². The van der Waals surface area contributed by atoms with Crippen molar-refractivity contribution in [3.8, 4) is 0 Å². The molecule has 0 nitrogen and oxygen atoms in total. The lowest BCUT2D eigenvalue weighted by Gasteiger charge is -2.02. The minimum atomic E-state index is 0.733. The summed E-state index contributed by atoms with van der Waals surface area (Å²) in [5.74, 6) is 0.733. The van der Waals surface area contributed by atoms with Crippen molar-refractivity contribution in [2.24, 2.45) is 5.92 Å². The zero-order valence-electron chi connectivity index (χ0n) is 7.07.